The molecule has 3 nitrogen and oxygen atoms in total. The van der Waals surface area contributed by atoms with Gasteiger partial charge in [0, 0.05) is 4.47 Å². The molecule has 0 fully saturated rings. The van der Waals surface area contributed by atoms with Crippen molar-refractivity contribution in [2.75, 3.05) is 0 Å². The summed E-state index contributed by atoms with van der Waals surface area (Å²) in [6, 6.07) is 42.7. The molecular weight excluding hydrogens is 494 g/mol. The van der Waals surface area contributed by atoms with Crippen LogP contribution in [-0.4, -0.2) is 14.0 Å². The van der Waals surface area contributed by atoms with Crippen molar-refractivity contribution in [1.82, 2.24) is 14.0 Å². The van der Waals surface area contributed by atoms with Crippen molar-refractivity contribution in [3.8, 4) is 27.9 Å². The van der Waals surface area contributed by atoms with Crippen molar-refractivity contribution in [2.24, 2.45) is 0 Å². The maximum atomic E-state index is 5.08. The van der Waals surface area contributed by atoms with E-state index in [2.05, 4.69) is 140 Å². The first-order chi connectivity index (χ1) is 17.3. The van der Waals surface area contributed by atoms with Crippen LogP contribution in [0.4, 0.5) is 0 Å². The SMILES string of the molecule is Brc1ccc2nc3n(-c4cc(-c5ccccc5)cc(-c5ccccc5)c4)c4ccccc4n3c2c1. The molecule has 0 bridgehead atoms. The van der Waals surface area contributed by atoms with Crippen molar-refractivity contribution in [3.05, 3.63) is 126 Å². The molecule has 0 unspecified atom stereocenters. The first-order valence-electron chi connectivity index (χ1n) is 11.6. The van der Waals surface area contributed by atoms with Gasteiger partial charge in [0.2, 0.25) is 5.78 Å². The average molecular weight is 514 g/mol. The largest absolute Gasteiger partial charge is 0.278 e. The van der Waals surface area contributed by atoms with Crippen LogP contribution in [0.3, 0.4) is 0 Å². The molecule has 0 N–H and O–H groups in total. The van der Waals surface area contributed by atoms with E-state index in [4.69, 9.17) is 4.98 Å². The van der Waals surface area contributed by atoms with Gasteiger partial charge in [0.1, 0.15) is 0 Å². The summed E-state index contributed by atoms with van der Waals surface area (Å²) < 4.78 is 5.58. The zero-order chi connectivity index (χ0) is 23.4. The maximum Gasteiger partial charge on any atom is 0.220 e. The second-order valence-electron chi connectivity index (χ2n) is 8.70. The van der Waals surface area contributed by atoms with Gasteiger partial charge in [0.15, 0.2) is 0 Å². The summed E-state index contributed by atoms with van der Waals surface area (Å²) in [6.45, 7) is 0. The lowest BCUT2D eigenvalue weighted by molar-refractivity contribution is 1.11. The lowest BCUT2D eigenvalue weighted by atomic mass is 9.98. The molecule has 0 aliphatic heterocycles. The Hall–Kier alpha value is -4.15. The van der Waals surface area contributed by atoms with Crippen molar-refractivity contribution >= 4 is 43.8 Å². The van der Waals surface area contributed by atoms with Gasteiger partial charge in [-0.15, -0.1) is 0 Å². The van der Waals surface area contributed by atoms with Crippen LogP contribution in [0.15, 0.2) is 126 Å². The molecule has 4 heteroatoms. The lowest BCUT2D eigenvalue weighted by Crippen LogP contribution is -1.97. The van der Waals surface area contributed by atoms with Gasteiger partial charge in [-0.05, 0) is 70.8 Å². The predicted molar refractivity (Wildman–Crippen MR) is 148 cm³/mol. The van der Waals surface area contributed by atoms with Gasteiger partial charge in [-0.25, -0.2) is 4.98 Å². The Labute approximate surface area is 211 Å². The molecular formula is C31H20BrN3. The van der Waals surface area contributed by atoms with Crippen LogP contribution in [0.5, 0.6) is 0 Å². The van der Waals surface area contributed by atoms with E-state index in [1.54, 1.807) is 0 Å². The Kier molecular flexibility index (Phi) is 4.61. The minimum Gasteiger partial charge on any atom is -0.278 e. The van der Waals surface area contributed by atoms with Crippen molar-refractivity contribution in [2.45, 2.75) is 0 Å². The second-order valence-corrected chi connectivity index (χ2v) is 9.62. The van der Waals surface area contributed by atoms with Gasteiger partial charge in [-0.3, -0.25) is 8.97 Å². The highest BCUT2D eigenvalue weighted by atomic mass is 79.9. The molecule has 0 saturated carbocycles. The van der Waals surface area contributed by atoms with Crippen LogP contribution >= 0.6 is 15.9 Å². The highest BCUT2D eigenvalue weighted by Crippen LogP contribution is 2.34. The molecule has 0 spiro atoms. The zero-order valence-electron chi connectivity index (χ0n) is 18.8. The number of halogens is 1. The van der Waals surface area contributed by atoms with Crippen molar-refractivity contribution < 1.29 is 0 Å². The molecule has 0 aliphatic carbocycles. The number of nitrogens with zero attached hydrogens (tertiary/aromatic N) is 3. The van der Waals surface area contributed by atoms with Crippen molar-refractivity contribution in [3.63, 3.8) is 0 Å². The van der Waals surface area contributed by atoms with Crippen LogP contribution in [-0.2, 0) is 0 Å². The standard InChI is InChI=1S/C31H20BrN3/c32-25-15-16-27-30(20-25)35-29-14-8-7-13-28(29)34(31(35)33-27)26-18-23(21-9-3-1-4-10-21)17-24(19-26)22-11-5-2-6-12-22/h1-20H. The van der Waals surface area contributed by atoms with Crippen LogP contribution in [0, 0.1) is 0 Å². The summed E-state index contributed by atoms with van der Waals surface area (Å²) in [4.78, 5) is 5.08. The van der Waals surface area contributed by atoms with Gasteiger partial charge < -0.3 is 0 Å². The van der Waals surface area contributed by atoms with E-state index >= 15 is 0 Å². The number of fused-ring (bicyclic) bond motifs is 5. The molecule has 0 amide bonds. The van der Waals surface area contributed by atoms with Gasteiger partial charge in [-0.1, -0.05) is 88.7 Å². The number of para-hydroxylation sites is 2. The third-order valence-corrected chi connectivity index (χ3v) is 7.05. The summed E-state index contributed by atoms with van der Waals surface area (Å²) in [6.07, 6.45) is 0. The third-order valence-electron chi connectivity index (χ3n) is 6.55. The van der Waals surface area contributed by atoms with E-state index in [0.29, 0.717) is 0 Å². The molecule has 166 valence electrons. The Bertz CT molecular complexity index is 1790. The molecule has 0 radical (unpaired) electrons. The minimum atomic E-state index is 0.906. The van der Waals surface area contributed by atoms with E-state index in [-0.39, 0.29) is 0 Å². The normalized spacial score (nSPS) is 11.6. The van der Waals surface area contributed by atoms with Gasteiger partial charge in [-0.2, -0.15) is 0 Å². The van der Waals surface area contributed by atoms with E-state index in [1.165, 1.54) is 22.3 Å². The minimum absolute atomic E-state index is 0.906. The molecule has 5 aromatic carbocycles. The Morgan fingerprint density at radius 2 is 1.11 bits per heavy atom. The molecule has 7 aromatic rings. The fraction of sp³-hybridized carbons (Fsp3) is 0. The van der Waals surface area contributed by atoms with Gasteiger partial charge >= 0.3 is 0 Å². The van der Waals surface area contributed by atoms with Crippen LogP contribution in [0.1, 0.15) is 0 Å². The maximum absolute atomic E-state index is 5.08. The van der Waals surface area contributed by atoms with Crippen LogP contribution in [0.25, 0.3) is 55.8 Å². The Balaban J connectivity index is 1.59. The first-order valence-corrected chi connectivity index (χ1v) is 12.4. The molecule has 35 heavy (non-hydrogen) atoms. The second kappa shape index (κ2) is 7.97. The number of rotatable bonds is 3. The fourth-order valence-electron chi connectivity index (χ4n) is 4.96. The van der Waals surface area contributed by atoms with Gasteiger partial charge in [0.25, 0.3) is 0 Å². The highest BCUT2D eigenvalue weighted by molar-refractivity contribution is 9.10. The van der Waals surface area contributed by atoms with Crippen LogP contribution in [0.2, 0.25) is 0 Å². The predicted octanol–water partition coefficient (Wildman–Crippen LogP) is 8.53. The molecule has 0 aliphatic rings. The molecule has 2 aromatic heterocycles. The first kappa shape index (κ1) is 20.2. The molecule has 7 rings (SSSR count). The van der Waals surface area contributed by atoms with Crippen molar-refractivity contribution in [1.29, 1.82) is 0 Å². The number of benzene rings is 5. The number of hydrogen-bond acceptors (Lipinski definition) is 1. The highest BCUT2D eigenvalue weighted by Gasteiger charge is 2.18. The summed E-state index contributed by atoms with van der Waals surface area (Å²) in [7, 11) is 0. The Morgan fingerprint density at radius 3 is 1.77 bits per heavy atom. The van der Waals surface area contributed by atoms with E-state index in [1.807, 2.05) is 6.07 Å². The number of aromatic nitrogens is 3. The summed E-state index contributed by atoms with van der Waals surface area (Å²) in [5.41, 5.74) is 10.2. The van der Waals surface area contributed by atoms with E-state index < -0.39 is 0 Å². The Morgan fingerprint density at radius 1 is 0.514 bits per heavy atom. The van der Waals surface area contributed by atoms with E-state index in [9.17, 15) is 0 Å². The zero-order valence-corrected chi connectivity index (χ0v) is 20.4. The van der Waals surface area contributed by atoms with Crippen LogP contribution < -0.4 is 0 Å². The topological polar surface area (TPSA) is 22.2 Å². The average Bonchev–Trinajstić information content (AvgIpc) is 3.43. The number of imidazole rings is 2. The molecule has 0 saturated heterocycles. The molecule has 2 heterocycles. The number of hydrogen-bond donors (Lipinski definition) is 0. The summed E-state index contributed by atoms with van der Waals surface area (Å²) in [5, 5.41) is 0. The summed E-state index contributed by atoms with van der Waals surface area (Å²) in [5.74, 6) is 0.906. The lowest BCUT2D eigenvalue weighted by Gasteiger charge is -2.12. The molecule has 0 atom stereocenters. The summed E-state index contributed by atoms with van der Waals surface area (Å²) >= 11 is 3.64. The van der Waals surface area contributed by atoms with Gasteiger partial charge in [0.05, 0.1) is 27.8 Å². The van der Waals surface area contributed by atoms with E-state index in [0.717, 1.165) is 38.0 Å². The quantitative estimate of drug-likeness (QED) is 0.232. The fourth-order valence-corrected chi connectivity index (χ4v) is 5.31. The monoisotopic (exact) mass is 513 g/mol. The third kappa shape index (κ3) is 3.29. The smallest absolute Gasteiger partial charge is 0.220 e.